The standard InChI is InChI=1S/C23H28BrN3O5S2/c1-16-9-11-27(12-10-16)34(29,30)19-6-4-18(5-7-19)25-23(33)26-22(28)17-3-8-21(20(24)15-17)32-14-13-31-2/h3-8,15-16H,9-14H2,1-2H3,(H2,25,26,28,33). The number of carbonyl (C=O) groups is 1. The van der Waals surface area contributed by atoms with E-state index in [1.54, 1.807) is 49.6 Å². The molecule has 184 valence electrons. The van der Waals surface area contributed by atoms with Crippen molar-refractivity contribution in [1.29, 1.82) is 0 Å². The first-order valence-electron chi connectivity index (χ1n) is 10.8. The molecular formula is C23H28BrN3O5S2. The Bertz CT molecular complexity index is 1120. The average Bonchev–Trinajstić information content (AvgIpc) is 2.80. The molecule has 8 nitrogen and oxygen atoms in total. The van der Waals surface area contributed by atoms with Gasteiger partial charge < -0.3 is 14.8 Å². The molecule has 1 fully saturated rings. The maximum atomic E-state index is 12.9. The van der Waals surface area contributed by atoms with Crippen LogP contribution in [0, 0.1) is 5.92 Å². The summed E-state index contributed by atoms with van der Waals surface area (Å²) in [4.78, 5) is 12.8. The van der Waals surface area contributed by atoms with Gasteiger partial charge in [-0.05, 0) is 89.4 Å². The molecule has 0 atom stereocenters. The number of rotatable bonds is 8. The van der Waals surface area contributed by atoms with E-state index in [1.165, 1.54) is 4.31 Å². The molecule has 11 heteroatoms. The lowest BCUT2D eigenvalue weighted by Gasteiger charge is -2.29. The number of thiocarbonyl (C=S) groups is 1. The summed E-state index contributed by atoms with van der Waals surface area (Å²) in [6.45, 7) is 4.07. The second-order valence-corrected chi connectivity index (χ2v) is 11.2. The van der Waals surface area contributed by atoms with Crippen molar-refractivity contribution < 1.29 is 22.7 Å². The third kappa shape index (κ3) is 6.98. The molecule has 1 heterocycles. The van der Waals surface area contributed by atoms with Gasteiger partial charge >= 0.3 is 0 Å². The number of methoxy groups -OCH3 is 1. The normalized spacial score (nSPS) is 15.0. The quantitative estimate of drug-likeness (QED) is 0.366. The van der Waals surface area contributed by atoms with Crippen molar-refractivity contribution in [3.8, 4) is 5.75 Å². The van der Waals surface area contributed by atoms with Crippen molar-refractivity contribution in [2.45, 2.75) is 24.7 Å². The lowest BCUT2D eigenvalue weighted by molar-refractivity contribution is 0.0977. The molecule has 0 radical (unpaired) electrons. The van der Waals surface area contributed by atoms with Gasteiger partial charge in [0.05, 0.1) is 16.0 Å². The number of carbonyl (C=O) groups excluding carboxylic acids is 1. The zero-order valence-electron chi connectivity index (χ0n) is 19.0. The molecule has 2 aromatic rings. The SMILES string of the molecule is COCCOc1ccc(C(=O)NC(=S)Nc2ccc(S(=O)(=O)N3CCC(C)CC3)cc2)cc1Br. The van der Waals surface area contributed by atoms with E-state index in [9.17, 15) is 13.2 Å². The summed E-state index contributed by atoms with van der Waals surface area (Å²) in [5.41, 5.74) is 0.965. The number of benzene rings is 2. The minimum Gasteiger partial charge on any atom is -0.490 e. The fourth-order valence-electron chi connectivity index (χ4n) is 3.42. The van der Waals surface area contributed by atoms with Crippen LogP contribution in [-0.4, -0.2) is 57.2 Å². The van der Waals surface area contributed by atoms with Crippen LogP contribution in [0.15, 0.2) is 51.8 Å². The van der Waals surface area contributed by atoms with Crippen molar-refractivity contribution in [3.05, 3.63) is 52.5 Å². The van der Waals surface area contributed by atoms with Gasteiger partial charge in [-0.1, -0.05) is 6.92 Å². The molecule has 0 aromatic heterocycles. The maximum absolute atomic E-state index is 12.9. The number of halogens is 1. The predicted molar refractivity (Wildman–Crippen MR) is 139 cm³/mol. The molecule has 2 N–H and O–H groups in total. The smallest absolute Gasteiger partial charge is 0.257 e. The van der Waals surface area contributed by atoms with Crippen LogP contribution in [0.4, 0.5) is 5.69 Å². The van der Waals surface area contributed by atoms with E-state index >= 15 is 0 Å². The second-order valence-electron chi connectivity index (χ2n) is 8.01. The zero-order chi connectivity index (χ0) is 24.7. The van der Waals surface area contributed by atoms with Crippen molar-refractivity contribution in [3.63, 3.8) is 0 Å². The van der Waals surface area contributed by atoms with Gasteiger partial charge in [0.25, 0.3) is 5.91 Å². The Hall–Kier alpha value is -2.05. The van der Waals surface area contributed by atoms with Crippen LogP contribution in [0.25, 0.3) is 0 Å². The number of nitrogens with zero attached hydrogens (tertiary/aromatic N) is 1. The first kappa shape index (κ1) is 26.6. The van der Waals surface area contributed by atoms with Gasteiger partial charge in [-0.2, -0.15) is 4.31 Å². The van der Waals surface area contributed by atoms with E-state index < -0.39 is 10.0 Å². The predicted octanol–water partition coefficient (Wildman–Crippen LogP) is 4.02. The first-order valence-corrected chi connectivity index (χ1v) is 13.5. The Morgan fingerprint density at radius 2 is 1.82 bits per heavy atom. The van der Waals surface area contributed by atoms with E-state index in [1.807, 2.05) is 0 Å². The Kier molecular flexibility index (Phi) is 9.43. The maximum Gasteiger partial charge on any atom is 0.257 e. The molecule has 0 aliphatic carbocycles. The highest BCUT2D eigenvalue weighted by Crippen LogP contribution is 2.26. The van der Waals surface area contributed by atoms with E-state index in [0.717, 1.165) is 12.8 Å². The highest BCUT2D eigenvalue weighted by molar-refractivity contribution is 9.10. The fourth-order valence-corrected chi connectivity index (χ4v) is 5.59. The van der Waals surface area contributed by atoms with Crippen LogP contribution in [0.5, 0.6) is 5.75 Å². The monoisotopic (exact) mass is 569 g/mol. The summed E-state index contributed by atoms with van der Waals surface area (Å²) in [6, 6.07) is 11.3. The van der Waals surface area contributed by atoms with Gasteiger partial charge in [-0.15, -0.1) is 0 Å². The summed E-state index contributed by atoms with van der Waals surface area (Å²) in [5, 5.41) is 5.62. The van der Waals surface area contributed by atoms with Crippen LogP contribution in [-0.2, 0) is 14.8 Å². The summed E-state index contributed by atoms with van der Waals surface area (Å²) in [5.74, 6) is 0.756. The first-order chi connectivity index (χ1) is 16.2. The van der Waals surface area contributed by atoms with Crippen LogP contribution >= 0.6 is 28.1 Å². The number of hydrogen-bond donors (Lipinski definition) is 2. The van der Waals surface area contributed by atoms with Gasteiger partial charge in [0.2, 0.25) is 10.0 Å². The van der Waals surface area contributed by atoms with Gasteiger partial charge in [-0.25, -0.2) is 8.42 Å². The van der Waals surface area contributed by atoms with Crippen LogP contribution in [0.1, 0.15) is 30.1 Å². The molecule has 1 aliphatic heterocycles. The molecule has 2 aromatic carbocycles. The third-order valence-corrected chi connectivity index (χ3v) is 8.20. The molecule has 1 aliphatic rings. The number of amides is 1. The molecule has 0 unspecified atom stereocenters. The van der Waals surface area contributed by atoms with Crippen LogP contribution in [0.2, 0.25) is 0 Å². The van der Waals surface area contributed by atoms with Crippen LogP contribution in [0.3, 0.4) is 0 Å². The minimum atomic E-state index is -3.52. The topological polar surface area (TPSA) is 97.0 Å². The average molecular weight is 571 g/mol. The summed E-state index contributed by atoms with van der Waals surface area (Å²) < 4.78 is 38.4. The summed E-state index contributed by atoms with van der Waals surface area (Å²) in [6.07, 6.45) is 1.74. The molecule has 0 spiro atoms. The fraction of sp³-hybridized carbons (Fsp3) is 0.391. The highest BCUT2D eigenvalue weighted by Gasteiger charge is 2.27. The molecule has 1 amide bonds. The van der Waals surface area contributed by atoms with Crippen molar-refractivity contribution in [2.24, 2.45) is 5.92 Å². The van der Waals surface area contributed by atoms with E-state index in [4.69, 9.17) is 21.7 Å². The zero-order valence-corrected chi connectivity index (χ0v) is 22.3. The van der Waals surface area contributed by atoms with E-state index in [0.29, 0.717) is 53.7 Å². The number of sulfonamides is 1. The van der Waals surface area contributed by atoms with E-state index in [-0.39, 0.29) is 15.9 Å². The largest absolute Gasteiger partial charge is 0.490 e. The van der Waals surface area contributed by atoms with Crippen molar-refractivity contribution in [2.75, 3.05) is 38.7 Å². The van der Waals surface area contributed by atoms with Gasteiger partial charge in [0.15, 0.2) is 5.11 Å². The number of piperidine rings is 1. The molecule has 3 rings (SSSR count). The van der Waals surface area contributed by atoms with Crippen molar-refractivity contribution >= 4 is 54.9 Å². The summed E-state index contributed by atoms with van der Waals surface area (Å²) >= 11 is 8.64. The Morgan fingerprint density at radius 3 is 2.44 bits per heavy atom. The molecule has 0 bridgehead atoms. The minimum absolute atomic E-state index is 0.0992. The highest BCUT2D eigenvalue weighted by atomic mass is 79.9. The molecule has 34 heavy (non-hydrogen) atoms. The Labute approximate surface area is 214 Å². The van der Waals surface area contributed by atoms with E-state index in [2.05, 4.69) is 33.5 Å². The number of anilines is 1. The molecule has 0 saturated carbocycles. The summed E-state index contributed by atoms with van der Waals surface area (Å²) in [7, 11) is -1.93. The molecule has 1 saturated heterocycles. The Morgan fingerprint density at radius 1 is 1.15 bits per heavy atom. The number of nitrogens with one attached hydrogen (secondary N) is 2. The molecular weight excluding hydrogens is 542 g/mol. The van der Waals surface area contributed by atoms with Crippen molar-refractivity contribution in [1.82, 2.24) is 9.62 Å². The third-order valence-electron chi connectivity index (χ3n) is 5.46. The lowest BCUT2D eigenvalue weighted by atomic mass is 10.0. The number of hydrogen-bond acceptors (Lipinski definition) is 6. The van der Waals surface area contributed by atoms with Gasteiger partial charge in [-0.3, -0.25) is 10.1 Å². The van der Waals surface area contributed by atoms with Crippen LogP contribution < -0.4 is 15.4 Å². The number of ether oxygens (including phenoxy) is 2. The van der Waals surface area contributed by atoms with Gasteiger partial charge in [0, 0.05) is 31.5 Å². The lowest BCUT2D eigenvalue weighted by Crippen LogP contribution is -2.37. The second kappa shape index (κ2) is 12.1. The van der Waals surface area contributed by atoms with Gasteiger partial charge in [0.1, 0.15) is 12.4 Å². The Balaban J connectivity index is 1.56.